The molecule has 1 aliphatic rings. The van der Waals surface area contributed by atoms with Crippen LogP contribution in [0.3, 0.4) is 0 Å². The molecule has 0 saturated heterocycles. The van der Waals surface area contributed by atoms with E-state index in [1.807, 2.05) is 13.8 Å². The molecule has 1 aromatic heterocycles. The van der Waals surface area contributed by atoms with Crippen LogP contribution in [-0.2, 0) is 10.2 Å². The average molecular weight is 286 g/mol. The lowest BCUT2D eigenvalue weighted by Crippen LogP contribution is -2.41. The van der Waals surface area contributed by atoms with Gasteiger partial charge >= 0.3 is 10.2 Å². The lowest BCUT2D eigenvalue weighted by Gasteiger charge is -2.30. The molecule has 19 heavy (non-hydrogen) atoms. The third kappa shape index (κ3) is 3.09. The Bertz CT molecular complexity index is 532. The van der Waals surface area contributed by atoms with Crippen LogP contribution < -0.4 is 4.72 Å². The molecule has 0 atom stereocenters. The first-order valence-electron chi connectivity index (χ1n) is 6.69. The molecular weight excluding hydrogens is 264 g/mol. The van der Waals surface area contributed by atoms with E-state index in [1.54, 1.807) is 7.05 Å². The van der Waals surface area contributed by atoms with Gasteiger partial charge in [-0.2, -0.15) is 17.8 Å². The van der Waals surface area contributed by atoms with Gasteiger partial charge in [-0.3, -0.25) is 9.82 Å². The third-order valence-corrected chi connectivity index (χ3v) is 5.45. The lowest BCUT2D eigenvalue weighted by molar-refractivity contribution is 0.287. The van der Waals surface area contributed by atoms with E-state index in [-0.39, 0.29) is 6.04 Å². The Hall–Kier alpha value is -1.08. The molecule has 0 spiro atoms. The minimum absolute atomic E-state index is 0.103. The van der Waals surface area contributed by atoms with E-state index in [0.29, 0.717) is 5.82 Å². The summed E-state index contributed by atoms with van der Waals surface area (Å²) in [4.78, 5) is 0. The molecule has 0 radical (unpaired) electrons. The molecule has 0 unspecified atom stereocenters. The molecule has 1 aromatic rings. The standard InChI is InChI=1S/C12H22N4O2S/c1-9-10(2)13-14-12(9)15-19(17,18)16(3)11-7-5-4-6-8-11/h11H,4-8H2,1-3H3,(H2,13,14,15). The van der Waals surface area contributed by atoms with Gasteiger partial charge in [-0.1, -0.05) is 19.3 Å². The van der Waals surface area contributed by atoms with E-state index in [0.717, 1.165) is 36.9 Å². The van der Waals surface area contributed by atoms with Gasteiger partial charge in [0.05, 0.1) is 0 Å². The molecule has 0 bridgehead atoms. The molecule has 1 aliphatic carbocycles. The lowest BCUT2D eigenvalue weighted by atomic mass is 9.96. The van der Waals surface area contributed by atoms with Crippen molar-refractivity contribution >= 4 is 16.0 Å². The summed E-state index contributed by atoms with van der Waals surface area (Å²) in [5.41, 5.74) is 1.71. The maximum atomic E-state index is 12.3. The van der Waals surface area contributed by atoms with E-state index in [1.165, 1.54) is 10.7 Å². The van der Waals surface area contributed by atoms with Crippen molar-refractivity contribution in [3.8, 4) is 0 Å². The summed E-state index contributed by atoms with van der Waals surface area (Å²) in [6, 6.07) is 0.103. The summed E-state index contributed by atoms with van der Waals surface area (Å²) >= 11 is 0. The molecule has 1 saturated carbocycles. The van der Waals surface area contributed by atoms with Crippen molar-refractivity contribution < 1.29 is 8.42 Å². The van der Waals surface area contributed by atoms with E-state index in [9.17, 15) is 8.42 Å². The Morgan fingerprint density at radius 1 is 1.26 bits per heavy atom. The highest BCUT2D eigenvalue weighted by molar-refractivity contribution is 7.90. The normalized spacial score (nSPS) is 17.9. The topological polar surface area (TPSA) is 78.1 Å². The van der Waals surface area contributed by atoms with Crippen molar-refractivity contribution in [1.82, 2.24) is 14.5 Å². The SMILES string of the molecule is Cc1[nH]nc(NS(=O)(=O)N(C)C2CCCCC2)c1C. The molecule has 1 heterocycles. The van der Waals surface area contributed by atoms with E-state index >= 15 is 0 Å². The molecule has 6 nitrogen and oxygen atoms in total. The number of nitrogens with zero attached hydrogens (tertiary/aromatic N) is 2. The second kappa shape index (κ2) is 5.50. The summed E-state index contributed by atoms with van der Waals surface area (Å²) in [6.45, 7) is 3.71. The average Bonchev–Trinajstić information content (AvgIpc) is 2.70. The van der Waals surface area contributed by atoms with Crippen LogP contribution in [0.5, 0.6) is 0 Å². The second-order valence-corrected chi connectivity index (χ2v) is 6.97. The Balaban J connectivity index is 2.11. The quantitative estimate of drug-likeness (QED) is 0.888. The van der Waals surface area contributed by atoms with Crippen LogP contribution in [0.25, 0.3) is 0 Å². The van der Waals surface area contributed by atoms with Gasteiger partial charge in [-0.25, -0.2) is 0 Å². The van der Waals surface area contributed by atoms with Crippen molar-refractivity contribution in [3.05, 3.63) is 11.3 Å². The Labute approximate surface area is 114 Å². The van der Waals surface area contributed by atoms with Gasteiger partial charge in [0, 0.05) is 24.3 Å². The predicted octanol–water partition coefficient (Wildman–Crippen LogP) is 1.95. The van der Waals surface area contributed by atoms with Crippen LogP contribution >= 0.6 is 0 Å². The molecule has 2 rings (SSSR count). The number of aromatic amines is 1. The first-order valence-corrected chi connectivity index (χ1v) is 8.13. The van der Waals surface area contributed by atoms with Crippen LogP contribution in [0.15, 0.2) is 0 Å². The Morgan fingerprint density at radius 2 is 1.89 bits per heavy atom. The van der Waals surface area contributed by atoms with Gasteiger partial charge in [0.15, 0.2) is 5.82 Å². The molecular formula is C12H22N4O2S. The fourth-order valence-corrected chi connectivity index (χ4v) is 3.61. The van der Waals surface area contributed by atoms with Crippen LogP contribution in [0.1, 0.15) is 43.4 Å². The largest absolute Gasteiger partial charge is 0.302 e. The highest BCUT2D eigenvalue weighted by Crippen LogP contribution is 2.24. The summed E-state index contributed by atoms with van der Waals surface area (Å²) in [5.74, 6) is 0.389. The fraction of sp³-hybridized carbons (Fsp3) is 0.750. The molecule has 1 fully saturated rings. The number of hydrogen-bond donors (Lipinski definition) is 2. The van der Waals surface area contributed by atoms with Crippen molar-refractivity contribution in [1.29, 1.82) is 0 Å². The van der Waals surface area contributed by atoms with Crippen molar-refractivity contribution in [3.63, 3.8) is 0 Å². The van der Waals surface area contributed by atoms with Crippen LogP contribution in [0.4, 0.5) is 5.82 Å². The number of rotatable bonds is 4. The van der Waals surface area contributed by atoms with Crippen molar-refractivity contribution in [2.24, 2.45) is 0 Å². The van der Waals surface area contributed by atoms with Gasteiger partial charge in [0.25, 0.3) is 0 Å². The van der Waals surface area contributed by atoms with Gasteiger partial charge in [0.2, 0.25) is 0 Å². The minimum atomic E-state index is -3.52. The molecule has 0 amide bonds. The van der Waals surface area contributed by atoms with Crippen LogP contribution in [0.2, 0.25) is 0 Å². The monoisotopic (exact) mass is 286 g/mol. The molecule has 2 N–H and O–H groups in total. The van der Waals surface area contributed by atoms with Gasteiger partial charge in [0.1, 0.15) is 0 Å². The van der Waals surface area contributed by atoms with Crippen molar-refractivity contribution in [2.45, 2.75) is 52.0 Å². The van der Waals surface area contributed by atoms with E-state index in [2.05, 4.69) is 14.9 Å². The molecule has 0 aromatic carbocycles. The summed E-state index contributed by atoms with van der Waals surface area (Å²) in [7, 11) is -1.88. The Morgan fingerprint density at radius 3 is 2.42 bits per heavy atom. The zero-order valence-electron chi connectivity index (χ0n) is 11.7. The zero-order valence-corrected chi connectivity index (χ0v) is 12.5. The van der Waals surface area contributed by atoms with Crippen molar-refractivity contribution in [2.75, 3.05) is 11.8 Å². The summed E-state index contributed by atoms with van der Waals surface area (Å²) in [6.07, 6.45) is 5.29. The number of aromatic nitrogens is 2. The Kier molecular flexibility index (Phi) is 4.15. The highest BCUT2D eigenvalue weighted by Gasteiger charge is 2.28. The maximum Gasteiger partial charge on any atom is 0.302 e. The first-order chi connectivity index (χ1) is 8.92. The van der Waals surface area contributed by atoms with Crippen LogP contribution in [-0.4, -0.2) is 36.0 Å². The maximum absolute atomic E-state index is 12.3. The van der Waals surface area contributed by atoms with E-state index < -0.39 is 10.2 Å². The highest BCUT2D eigenvalue weighted by atomic mass is 32.2. The summed E-state index contributed by atoms with van der Waals surface area (Å²) < 4.78 is 28.7. The number of aryl methyl sites for hydroxylation is 1. The van der Waals surface area contributed by atoms with Crippen LogP contribution in [0, 0.1) is 13.8 Å². The number of nitrogens with one attached hydrogen (secondary N) is 2. The fourth-order valence-electron chi connectivity index (χ4n) is 2.42. The van der Waals surface area contributed by atoms with Gasteiger partial charge in [-0.05, 0) is 26.7 Å². The molecule has 7 heteroatoms. The van der Waals surface area contributed by atoms with Gasteiger partial charge < -0.3 is 0 Å². The predicted molar refractivity (Wildman–Crippen MR) is 75.2 cm³/mol. The number of H-pyrrole nitrogens is 1. The summed E-state index contributed by atoms with van der Waals surface area (Å²) in [5, 5.41) is 6.77. The third-order valence-electron chi connectivity index (χ3n) is 3.95. The zero-order chi connectivity index (χ0) is 14.0. The molecule has 108 valence electrons. The van der Waals surface area contributed by atoms with E-state index in [4.69, 9.17) is 0 Å². The molecule has 0 aliphatic heterocycles. The number of hydrogen-bond acceptors (Lipinski definition) is 3. The first kappa shape index (κ1) is 14.3. The smallest absolute Gasteiger partial charge is 0.280 e. The minimum Gasteiger partial charge on any atom is -0.280 e. The second-order valence-electron chi connectivity index (χ2n) is 5.24. The van der Waals surface area contributed by atoms with Gasteiger partial charge in [-0.15, -0.1) is 0 Å². The number of anilines is 1.